The van der Waals surface area contributed by atoms with E-state index in [1.54, 1.807) is 42.5 Å². The number of aryl methyl sites for hydroxylation is 1. The molecule has 1 aliphatic heterocycles. The Morgan fingerprint density at radius 2 is 1.90 bits per heavy atom. The number of carbonyl (C=O) groups excluding carboxylic acids is 1. The summed E-state index contributed by atoms with van der Waals surface area (Å²) < 4.78 is 15.5. The van der Waals surface area contributed by atoms with Crippen LogP contribution in [0.5, 0.6) is 0 Å². The van der Waals surface area contributed by atoms with E-state index < -0.39 is 0 Å². The van der Waals surface area contributed by atoms with Crippen LogP contribution in [-0.4, -0.2) is 57.3 Å². The lowest BCUT2D eigenvalue weighted by atomic mass is 10.2. The Hall–Kier alpha value is -3.95. The van der Waals surface area contributed by atoms with E-state index in [1.165, 1.54) is 0 Å². The highest BCUT2D eigenvalue weighted by Crippen LogP contribution is 2.23. The molecule has 1 aliphatic rings. The number of furan rings is 1. The number of nitrogens with zero attached hydrogens (tertiary/aromatic N) is 6. The van der Waals surface area contributed by atoms with E-state index in [0.29, 0.717) is 49.4 Å². The maximum Gasteiger partial charge on any atom is 0.276 e. The molecule has 152 valence electrons. The topological polar surface area (TPSA) is 115 Å². The van der Waals surface area contributed by atoms with Crippen molar-refractivity contribution in [1.29, 1.82) is 0 Å². The van der Waals surface area contributed by atoms with Gasteiger partial charge in [-0.25, -0.2) is 4.98 Å². The molecule has 0 radical (unpaired) electrons. The third-order valence-electron chi connectivity index (χ3n) is 4.92. The number of amides is 1. The molecule has 10 heteroatoms. The predicted octanol–water partition coefficient (Wildman–Crippen LogP) is 2.65. The molecular formula is C20H18N6O4. The molecule has 0 saturated carbocycles. The summed E-state index contributed by atoms with van der Waals surface area (Å²) in [7, 11) is 0. The average molecular weight is 406 g/mol. The SMILES string of the molecule is Cc1nc(-c2ccc(N3CCN(C(=O)c4cc(-c5ccco5)on4)CC3)nc2)no1. The van der Waals surface area contributed by atoms with Gasteiger partial charge in [-0.3, -0.25) is 4.79 Å². The van der Waals surface area contributed by atoms with E-state index in [0.717, 1.165) is 11.4 Å². The van der Waals surface area contributed by atoms with Crippen molar-refractivity contribution in [3.63, 3.8) is 0 Å². The first-order valence-electron chi connectivity index (χ1n) is 9.49. The second-order valence-corrected chi connectivity index (χ2v) is 6.88. The molecule has 4 aromatic heterocycles. The molecule has 0 N–H and O–H groups in total. The Bertz CT molecular complexity index is 1140. The predicted molar refractivity (Wildman–Crippen MR) is 105 cm³/mol. The zero-order valence-electron chi connectivity index (χ0n) is 16.2. The van der Waals surface area contributed by atoms with Crippen molar-refractivity contribution in [2.75, 3.05) is 31.1 Å². The van der Waals surface area contributed by atoms with Crippen molar-refractivity contribution in [1.82, 2.24) is 25.2 Å². The summed E-state index contributed by atoms with van der Waals surface area (Å²) in [5, 5.41) is 7.79. The lowest BCUT2D eigenvalue weighted by molar-refractivity contribution is 0.0736. The van der Waals surface area contributed by atoms with E-state index in [9.17, 15) is 4.79 Å². The highest BCUT2D eigenvalue weighted by molar-refractivity contribution is 5.93. The minimum atomic E-state index is -0.160. The van der Waals surface area contributed by atoms with E-state index in [1.807, 2.05) is 12.1 Å². The summed E-state index contributed by atoms with van der Waals surface area (Å²) >= 11 is 0. The van der Waals surface area contributed by atoms with Crippen molar-refractivity contribution >= 4 is 11.7 Å². The molecule has 0 bridgehead atoms. The van der Waals surface area contributed by atoms with E-state index in [-0.39, 0.29) is 11.6 Å². The third kappa shape index (κ3) is 3.43. The normalized spacial score (nSPS) is 14.3. The summed E-state index contributed by atoms with van der Waals surface area (Å²) in [5.74, 6) is 2.68. The number of hydrogen-bond donors (Lipinski definition) is 0. The van der Waals surface area contributed by atoms with Crippen LogP contribution in [0.15, 0.2) is 56.3 Å². The lowest BCUT2D eigenvalue weighted by Crippen LogP contribution is -2.49. The maximum absolute atomic E-state index is 12.7. The number of anilines is 1. The van der Waals surface area contributed by atoms with Gasteiger partial charge < -0.3 is 23.3 Å². The van der Waals surface area contributed by atoms with Gasteiger partial charge in [-0.2, -0.15) is 4.98 Å². The summed E-state index contributed by atoms with van der Waals surface area (Å²) in [6.45, 7) is 4.21. The van der Waals surface area contributed by atoms with Gasteiger partial charge in [0.25, 0.3) is 5.91 Å². The first-order chi connectivity index (χ1) is 14.7. The standard InChI is InChI=1S/C20H18N6O4/c1-13-22-19(24-29-13)14-4-5-18(21-12-14)25-6-8-26(9-7-25)20(27)15-11-17(30-23-15)16-3-2-10-28-16/h2-5,10-12H,6-9H2,1H3. The number of carbonyl (C=O) groups is 1. The van der Waals surface area contributed by atoms with Crippen molar-refractivity contribution < 1.29 is 18.3 Å². The minimum Gasteiger partial charge on any atom is -0.461 e. The Labute approximate surface area is 171 Å². The smallest absolute Gasteiger partial charge is 0.276 e. The summed E-state index contributed by atoms with van der Waals surface area (Å²) in [4.78, 5) is 25.4. The van der Waals surface area contributed by atoms with Crippen molar-refractivity contribution in [3.8, 4) is 22.9 Å². The molecule has 10 nitrogen and oxygen atoms in total. The zero-order valence-corrected chi connectivity index (χ0v) is 16.2. The highest BCUT2D eigenvalue weighted by atomic mass is 16.5. The van der Waals surface area contributed by atoms with E-state index in [4.69, 9.17) is 13.5 Å². The van der Waals surface area contributed by atoms with Gasteiger partial charge in [0, 0.05) is 50.9 Å². The van der Waals surface area contributed by atoms with Gasteiger partial charge in [-0.05, 0) is 24.3 Å². The van der Waals surface area contributed by atoms with Gasteiger partial charge in [0.15, 0.2) is 11.5 Å². The number of piperazine rings is 1. The molecule has 1 saturated heterocycles. The molecular weight excluding hydrogens is 388 g/mol. The van der Waals surface area contributed by atoms with E-state index >= 15 is 0 Å². The van der Waals surface area contributed by atoms with Gasteiger partial charge in [-0.15, -0.1) is 0 Å². The largest absolute Gasteiger partial charge is 0.461 e. The monoisotopic (exact) mass is 406 g/mol. The van der Waals surface area contributed by atoms with Crippen molar-refractivity contribution in [2.45, 2.75) is 6.92 Å². The molecule has 5 heterocycles. The van der Waals surface area contributed by atoms with Crippen LogP contribution in [0.1, 0.15) is 16.4 Å². The second-order valence-electron chi connectivity index (χ2n) is 6.88. The Balaban J connectivity index is 1.21. The maximum atomic E-state index is 12.7. The van der Waals surface area contributed by atoms with Crippen LogP contribution in [-0.2, 0) is 0 Å². The molecule has 0 atom stereocenters. The van der Waals surface area contributed by atoms with E-state index in [2.05, 4.69) is 25.2 Å². The van der Waals surface area contributed by atoms with Crippen LogP contribution >= 0.6 is 0 Å². The fourth-order valence-electron chi connectivity index (χ4n) is 3.33. The number of pyridine rings is 1. The number of aromatic nitrogens is 4. The molecule has 4 aromatic rings. The first kappa shape index (κ1) is 18.1. The summed E-state index contributed by atoms with van der Waals surface area (Å²) in [5.41, 5.74) is 1.07. The van der Waals surface area contributed by atoms with Gasteiger partial charge in [0.2, 0.25) is 17.5 Å². The minimum absolute atomic E-state index is 0.160. The molecule has 0 aliphatic carbocycles. The molecule has 0 unspecified atom stereocenters. The van der Waals surface area contributed by atoms with Crippen LogP contribution in [0.25, 0.3) is 22.9 Å². The molecule has 0 aromatic carbocycles. The molecule has 30 heavy (non-hydrogen) atoms. The molecule has 5 rings (SSSR count). The zero-order chi connectivity index (χ0) is 20.5. The summed E-state index contributed by atoms with van der Waals surface area (Å²) in [6.07, 6.45) is 3.27. The fourth-order valence-corrected chi connectivity index (χ4v) is 3.33. The van der Waals surface area contributed by atoms with Gasteiger partial charge >= 0.3 is 0 Å². The first-order valence-corrected chi connectivity index (χ1v) is 9.49. The van der Waals surface area contributed by atoms with Crippen molar-refractivity contribution in [3.05, 3.63) is 54.4 Å². The van der Waals surface area contributed by atoms with Crippen LogP contribution < -0.4 is 4.90 Å². The Morgan fingerprint density at radius 3 is 2.57 bits per heavy atom. The number of hydrogen-bond acceptors (Lipinski definition) is 9. The van der Waals surface area contributed by atoms with Gasteiger partial charge in [0.1, 0.15) is 5.82 Å². The molecule has 0 spiro atoms. The van der Waals surface area contributed by atoms with Crippen molar-refractivity contribution in [2.24, 2.45) is 0 Å². The Morgan fingerprint density at radius 1 is 1.03 bits per heavy atom. The molecule has 1 fully saturated rings. The van der Waals surface area contributed by atoms with Crippen LogP contribution in [0, 0.1) is 6.92 Å². The fraction of sp³-hybridized carbons (Fsp3) is 0.250. The second kappa shape index (κ2) is 7.47. The quantitative estimate of drug-likeness (QED) is 0.504. The van der Waals surface area contributed by atoms with Crippen LogP contribution in [0.4, 0.5) is 5.82 Å². The third-order valence-corrected chi connectivity index (χ3v) is 4.92. The van der Waals surface area contributed by atoms with Gasteiger partial charge in [0.05, 0.1) is 6.26 Å². The molecule has 1 amide bonds. The summed E-state index contributed by atoms with van der Waals surface area (Å²) in [6, 6.07) is 8.95. The lowest BCUT2D eigenvalue weighted by Gasteiger charge is -2.35. The average Bonchev–Trinajstić information content (AvgIpc) is 3.55. The van der Waals surface area contributed by atoms with Crippen LogP contribution in [0.3, 0.4) is 0 Å². The van der Waals surface area contributed by atoms with Crippen LogP contribution in [0.2, 0.25) is 0 Å². The van der Waals surface area contributed by atoms with Gasteiger partial charge in [-0.1, -0.05) is 10.3 Å². The number of rotatable bonds is 4. The highest BCUT2D eigenvalue weighted by Gasteiger charge is 2.25. The Kier molecular flexibility index (Phi) is 4.51.